The number of imidazole rings is 1. The van der Waals surface area contributed by atoms with Crippen LogP contribution in [-0.4, -0.2) is 31.6 Å². The van der Waals surface area contributed by atoms with Gasteiger partial charge in [0.1, 0.15) is 22.2 Å². The molecule has 0 amide bonds. The molecule has 0 saturated heterocycles. The van der Waals surface area contributed by atoms with Crippen LogP contribution in [0.2, 0.25) is 0 Å². The Bertz CT molecular complexity index is 1020. The summed E-state index contributed by atoms with van der Waals surface area (Å²) in [4.78, 5) is 4.37. The van der Waals surface area contributed by atoms with Crippen LogP contribution in [0.25, 0.3) is 11.0 Å². The molecule has 0 atom stereocenters. The van der Waals surface area contributed by atoms with Gasteiger partial charge in [-0.2, -0.15) is 0 Å². The van der Waals surface area contributed by atoms with Crippen molar-refractivity contribution in [2.75, 3.05) is 14.2 Å². The minimum absolute atomic E-state index is 0.0405. The summed E-state index contributed by atoms with van der Waals surface area (Å²) in [5.41, 5.74) is 1.94. The normalized spacial score (nSPS) is 11.7. The molecule has 1 heterocycles. The summed E-state index contributed by atoms with van der Waals surface area (Å²) in [6.45, 7) is 3.49. The fourth-order valence-electron chi connectivity index (χ4n) is 2.75. The lowest BCUT2D eigenvalue weighted by Gasteiger charge is -2.15. The third kappa shape index (κ3) is 2.41. The van der Waals surface area contributed by atoms with Gasteiger partial charge >= 0.3 is 0 Å². The van der Waals surface area contributed by atoms with E-state index >= 15 is 0 Å². The molecule has 7 heteroatoms. The quantitative estimate of drug-likeness (QED) is 0.726. The maximum Gasteiger partial charge on any atom is 0.273 e. The largest absolute Gasteiger partial charge is 0.496 e. The Balaban J connectivity index is 2.34. The Kier molecular flexibility index (Phi) is 3.96. The van der Waals surface area contributed by atoms with E-state index < -0.39 is 10.0 Å². The van der Waals surface area contributed by atoms with Crippen molar-refractivity contribution in [3.8, 4) is 11.5 Å². The highest BCUT2D eigenvalue weighted by Gasteiger charge is 2.27. The molecule has 0 fully saturated rings. The molecule has 3 aromatic rings. The number of hydrogen-bond acceptors (Lipinski definition) is 5. The molecule has 24 heavy (non-hydrogen) atoms. The highest BCUT2D eigenvalue weighted by molar-refractivity contribution is 7.90. The van der Waals surface area contributed by atoms with Crippen molar-refractivity contribution in [3.63, 3.8) is 0 Å². The number of fused-ring (bicyclic) bond motifs is 1. The van der Waals surface area contributed by atoms with Crippen LogP contribution in [0, 0.1) is 13.8 Å². The number of nitrogens with zero attached hydrogens (tertiary/aromatic N) is 2. The molecule has 0 aliphatic carbocycles. The first-order valence-electron chi connectivity index (χ1n) is 7.32. The molecule has 2 aromatic carbocycles. The maximum atomic E-state index is 13.3. The van der Waals surface area contributed by atoms with Crippen molar-refractivity contribution in [1.29, 1.82) is 0 Å². The van der Waals surface area contributed by atoms with E-state index in [4.69, 9.17) is 9.47 Å². The van der Waals surface area contributed by atoms with Gasteiger partial charge in [0, 0.05) is 6.07 Å². The number of methoxy groups -OCH3 is 2. The van der Waals surface area contributed by atoms with E-state index in [0.717, 1.165) is 5.56 Å². The second-order valence-corrected chi connectivity index (χ2v) is 7.14. The van der Waals surface area contributed by atoms with Gasteiger partial charge in [-0.3, -0.25) is 0 Å². The van der Waals surface area contributed by atoms with Gasteiger partial charge in [-0.15, -0.1) is 0 Å². The number of ether oxygens (including phenoxy) is 2. The number of aryl methyl sites for hydroxylation is 2. The summed E-state index contributed by atoms with van der Waals surface area (Å²) in [5.74, 6) is 1.14. The summed E-state index contributed by atoms with van der Waals surface area (Å²) in [6.07, 6.45) is 0. The van der Waals surface area contributed by atoms with E-state index in [-0.39, 0.29) is 10.6 Å². The Labute approximate surface area is 140 Å². The van der Waals surface area contributed by atoms with Gasteiger partial charge < -0.3 is 9.47 Å². The Morgan fingerprint density at radius 1 is 1.00 bits per heavy atom. The van der Waals surface area contributed by atoms with Crippen LogP contribution in [0.4, 0.5) is 0 Å². The number of benzene rings is 2. The van der Waals surface area contributed by atoms with Crippen molar-refractivity contribution in [2.24, 2.45) is 0 Å². The van der Waals surface area contributed by atoms with Gasteiger partial charge in [0.2, 0.25) is 0 Å². The number of rotatable bonds is 4. The highest BCUT2D eigenvalue weighted by Crippen LogP contribution is 2.34. The molecule has 0 aliphatic rings. The van der Waals surface area contributed by atoms with E-state index in [1.165, 1.54) is 24.3 Å². The minimum Gasteiger partial charge on any atom is -0.496 e. The van der Waals surface area contributed by atoms with Crippen molar-refractivity contribution < 1.29 is 17.9 Å². The lowest BCUT2D eigenvalue weighted by Crippen LogP contribution is -2.16. The molecule has 0 unspecified atom stereocenters. The first-order chi connectivity index (χ1) is 11.4. The minimum atomic E-state index is -3.90. The molecule has 0 N–H and O–H groups in total. The molecule has 3 rings (SSSR count). The van der Waals surface area contributed by atoms with E-state index in [0.29, 0.717) is 22.6 Å². The van der Waals surface area contributed by atoms with Crippen molar-refractivity contribution in [2.45, 2.75) is 18.7 Å². The van der Waals surface area contributed by atoms with E-state index in [9.17, 15) is 8.42 Å². The van der Waals surface area contributed by atoms with Crippen molar-refractivity contribution in [3.05, 3.63) is 47.8 Å². The lowest BCUT2D eigenvalue weighted by atomic mass is 10.2. The maximum absolute atomic E-state index is 13.3. The van der Waals surface area contributed by atoms with Crippen LogP contribution in [0.3, 0.4) is 0 Å². The smallest absolute Gasteiger partial charge is 0.273 e. The van der Waals surface area contributed by atoms with Gasteiger partial charge in [0.15, 0.2) is 0 Å². The molecular formula is C17H18N2O4S. The fraction of sp³-hybridized carbons (Fsp3) is 0.235. The van der Waals surface area contributed by atoms with E-state index in [1.54, 1.807) is 31.2 Å². The van der Waals surface area contributed by atoms with E-state index in [2.05, 4.69) is 4.98 Å². The highest BCUT2D eigenvalue weighted by atomic mass is 32.2. The molecule has 0 aliphatic heterocycles. The summed E-state index contributed by atoms with van der Waals surface area (Å²) >= 11 is 0. The first kappa shape index (κ1) is 16.3. The van der Waals surface area contributed by atoms with Crippen LogP contribution in [-0.2, 0) is 10.0 Å². The zero-order chi connectivity index (χ0) is 17.5. The van der Waals surface area contributed by atoms with Crippen molar-refractivity contribution in [1.82, 2.24) is 8.96 Å². The van der Waals surface area contributed by atoms with Gasteiger partial charge in [0.25, 0.3) is 10.0 Å². The van der Waals surface area contributed by atoms with Crippen LogP contribution in [0.15, 0.2) is 41.3 Å². The van der Waals surface area contributed by atoms with E-state index in [1.807, 2.05) is 13.0 Å². The molecule has 6 nitrogen and oxygen atoms in total. The monoisotopic (exact) mass is 346 g/mol. The number of hydrogen-bond donors (Lipinski definition) is 0. The Morgan fingerprint density at radius 2 is 1.67 bits per heavy atom. The van der Waals surface area contributed by atoms with Crippen molar-refractivity contribution >= 4 is 21.1 Å². The number of aromatic nitrogens is 2. The first-order valence-corrected chi connectivity index (χ1v) is 8.76. The second-order valence-electron chi connectivity index (χ2n) is 5.39. The van der Waals surface area contributed by atoms with Gasteiger partial charge in [-0.05, 0) is 37.6 Å². The zero-order valence-electron chi connectivity index (χ0n) is 13.9. The van der Waals surface area contributed by atoms with Crippen LogP contribution in [0.1, 0.15) is 11.4 Å². The molecule has 126 valence electrons. The standard InChI is InChI=1S/C17H18N2O4S/c1-11-9-16(23-4)17(10-15(11)22-3)24(20,21)19-12(2)18-13-7-5-6-8-14(13)19/h5-10H,1-4H3. The fourth-order valence-corrected chi connectivity index (χ4v) is 4.40. The SMILES string of the molecule is COc1cc(S(=O)(=O)n2c(C)nc3ccccc32)c(OC)cc1C. The van der Waals surface area contributed by atoms with Crippen LogP contribution in [0.5, 0.6) is 11.5 Å². The zero-order valence-corrected chi connectivity index (χ0v) is 14.7. The van der Waals surface area contributed by atoms with Crippen LogP contribution >= 0.6 is 0 Å². The molecule has 1 aromatic heterocycles. The summed E-state index contributed by atoms with van der Waals surface area (Å²) in [6, 6.07) is 10.2. The third-order valence-corrected chi connectivity index (χ3v) is 5.69. The third-order valence-electron chi connectivity index (χ3n) is 3.88. The summed E-state index contributed by atoms with van der Waals surface area (Å²) in [7, 11) is -0.949. The molecule has 0 radical (unpaired) electrons. The molecule has 0 spiro atoms. The van der Waals surface area contributed by atoms with Crippen LogP contribution < -0.4 is 9.47 Å². The average Bonchev–Trinajstić information content (AvgIpc) is 2.90. The second kappa shape index (κ2) is 5.83. The average molecular weight is 346 g/mol. The lowest BCUT2D eigenvalue weighted by molar-refractivity contribution is 0.390. The Morgan fingerprint density at radius 3 is 2.33 bits per heavy atom. The molecular weight excluding hydrogens is 328 g/mol. The van der Waals surface area contributed by atoms with Gasteiger partial charge in [-0.25, -0.2) is 17.4 Å². The van der Waals surface area contributed by atoms with Gasteiger partial charge in [0.05, 0.1) is 25.3 Å². The predicted molar refractivity (Wildman–Crippen MR) is 91.3 cm³/mol. The number of para-hydroxylation sites is 2. The summed E-state index contributed by atoms with van der Waals surface area (Å²) in [5, 5.41) is 0. The van der Waals surface area contributed by atoms with Gasteiger partial charge in [-0.1, -0.05) is 12.1 Å². The summed E-state index contributed by atoms with van der Waals surface area (Å²) < 4.78 is 38.3. The topological polar surface area (TPSA) is 70.4 Å². The Hall–Kier alpha value is -2.54. The molecule has 0 saturated carbocycles. The predicted octanol–water partition coefficient (Wildman–Crippen LogP) is 2.91. The molecule has 0 bridgehead atoms.